The Morgan fingerprint density at radius 2 is 2.00 bits per heavy atom. The number of Topliss-reactive ketones (excluding diaryl/α,β-unsaturated/α-hetero) is 1. The van der Waals surface area contributed by atoms with Gasteiger partial charge in [0.2, 0.25) is 0 Å². The van der Waals surface area contributed by atoms with Crippen LogP contribution in [0, 0.1) is 5.92 Å². The van der Waals surface area contributed by atoms with Gasteiger partial charge in [-0.15, -0.1) is 0 Å². The van der Waals surface area contributed by atoms with Crippen molar-refractivity contribution >= 4 is 17.5 Å². The molecular weight excluding hydrogens is 260 g/mol. The van der Waals surface area contributed by atoms with Crippen LogP contribution >= 0.6 is 11.8 Å². The number of ketones is 1. The number of hydrogen-bond donors (Lipinski definition) is 0. The minimum absolute atomic E-state index is 0.160. The Morgan fingerprint density at radius 1 is 1.26 bits per heavy atom. The van der Waals surface area contributed by atoms with Crippen molar-refractivity contribution in [2.45, 2.75) is 19.3 Å². The first kappa shape index (κ1) is 14.3. The van der Waals surface area contributed by atoms with Crippen molar-refractivity contribution in [3.8, 4) is 11.5 Å². The molecule has 3 nitrogen and oxygen atoms in total. The summed E-state index contributed by atoms with van der Waals surface area (Å²) < 4.78 is 10.5. The molecule has 1 heterocycles. The molecule has 1 aliphatic rings. The monoisotopic (exact) mass is 280 g/mol. The molecule has 4 heteroatoms. The van der Waals surface area contributed by atoms with Crippen LogP contribution in [0.1, 0.15) is 29.6 Å². The highest BCUT2D eigenvalue weighted by atomic mass is 32.2. The first-order valence-electron chi connectivity index (χ1n) is 6.57. The molecule has 0 spiro atoms. The van der Waals surface area contributed by atoms with Gasteiger partial charge in [0.05, 0.1) is 19.8 Å². The standard InChI is InChI=1S/C15H20O3S/c1-17-12-3-4-15(18-2)13(10-12)14(16)9-11-5-7-19-8-6-11/h3-4,10-11H,5-9H2,1-2H3. The lowest BCUT2D eigenvalue weighted by Gasteiger charge is -2.21. The number of carbonyl (C=O) groups is 1. The summed E-state index contributed by atoms with van der Waals surface area (Å²) in [6.07, 6.45) is 2.90. The van der Waals surface area contributed by atoms with Crippen LogP contribution in [-0.4, -0.2) is 31.5 Å². The van der Waals surface area contributed by atoms with Crippen LogP contribution in [0.25, 0.3) is 0 Å². The maximum Gasteiger partial charge on any atom is 0.167 e. The Morgan fingerprint density at radius 3 is 2.63 bits per heavy atom. The van der Waals surface area contributed by atoms with E-state index in [4.69, 9.17) is 9.47 Å². The number of rotatable bonds is 5. The fourth-order valence-electron chi connectivity index (χ4n) is 2.35. The molecule has 0 radical (unpaired) electrons. The third-order valence-electron chi connectivity index (χ3n) is 3.52. The highest BCUT2D eigenvalue weighted by Gasteiger charge is 2.20. The van der Waals surface area contributed by atoms with Crippen LogP contribution in [0.3, 0.4) is 0 Å². The summed E-state index contributed by atoms with van der Waals surface area (Å²) in [7, 11) is 3.20. The fourth-order valence-corrected chi connectivity index (χ4v) is 3.56. The van der Waals surface area contributed by atoms with Crippen molar-refractivity contribution in [1.82, 2.24) is 0 Å². The molecule has 104 valence electrons. The van der Waals surface area contributed by atoms with Crippen molar-refractivity contribution in [3.63, 3.8) is 0 Å². The van der Waals surface area contributed by atoms with Crippen LogP contribution in [0.4, 0.5) is 0 Å². The predicted molar refractivity (Wildman–Crippen MR) is 78.5 cm³/mol. The molecule has 0 atom stereocenters. The van der Waals surface area contributed by atoms with Crippen LogP contribution in [0.5, 0.6) is 11.5 Å². The topological polar surface area (TPSA) is 35.5 Å². The molecule has 1 saturated heterocycles. The molecule has 0 aromatic heterocycles. The lowest BCUT2D eigenvalue weighted by molar-refractivity contribution is 0.0955. The van der Waals surface area contributed by atoms with E-state index in [1.54, 1.807) is 26.4 Å². The highest BCUT2D eigenvalue weighted by Crippen LogP contribution is 2.30. The van der Waals surface area contributed by atoms with Crippen molar-refractivity contribution in [3.05, 3.63) is 23.8 Å². The molecule has 0 aliphatic carbocycles. The second-order valence-corrected chi connectivity index (χ2v) is 5.97. The van der Waals surface area contributed by atoms with Gasteiger partial charge in [-0.2, -0.15) is 11.8 Å². The van der Waals surface area contributed by atoms with Crippen molar-refractivity contribution < 1.29 is 14.3 Å². The quantitative estimate of drug-likeness (QED) is 0.774. The second kappa shape index (κ2) is 6.85. The van der Waals surface area contributed by atoms with Gasteiger partial charge in [0.15, 0.2) is 5.78 Å². The van der Waals surface area contributed by atoms with Crippen LogP contribution in [0.2, 0.25) is 0 Å². The summed E-state index contributed by atoms with van der Waals surface area (Å²) in [4.78, 5) is 12.4. The van der Waals surface area contributed by atoms with E-state index in [0.29, 0.717) is 29.4 Å². The Bertz CT molecular complexity index is 439. The molecular formula is C15H20O3S. The summed E-state index contributed by atoms with van der Waals surface area (Å²) in [6.45, 7) is 0. The van der Waals surface area contributed by atoms with E-state index in [0.717, 1.165) is 12.8 Å². The van der Waals surface area contributed by atoms with Gasteiger partial charge in [-0.3, -0.25) is 4.79 Å². The molecule has 2 rings (SSSR count). The lowest BCUT2D eigenvalue weighted by atomic mass is 9.93. The molecule has 1 aromatic carbocycles. The van der Waals surface area contributed by atoms with Gasteiger partial charge in [0.1, 0.15) is 11.5 Å². The Labute approximate surface area is 118 Å². The summed E-state index contributed by atoms with van der Waals surface area (Å²) in [5.74, 6) is 4.36. The number of carbonyl (C=O) groups excluding carboxylic acids is 1. The minimum atomic E-state index is 0.160. The van der Waals surface area contributed by atoms with Gasteiger partial charge in [0, 0.05) is 6.42 Å². The van der Waals surface area contributed by atoms with E-state index in [9.17, 15) is 4.79 Å². The van der Waals surface area contributed by atoms with Crippen LogP contribution in [-0.2, 0) is 0 Å². The van der Waals surface area contributed by atoms with Gasteiger partial charge in [-0.25, -0.2) is 0 Å². The summed E-state index contributed by atoms with van der Waals surface area (Å²) in [6, 6.07) is 5.38. The zero-order chi connectivity index (χ0) is 13.7. The number of thioether (sulfide) groups is 1. The highest BCUT2D eigenvalue weighted by molar-refractivity contribution is 7.99. The first-order chi connectivity index (χ1) is 9.24. The largest absolute Gasteiger partial charge is 0.497 e. The lowest BCUT2D eigenvalue weighted by Crippen LogP contribution is -2.15. The van der Waals surface area contributed by atoms with E-state index in [-0.39, 0.29) is 5.78 Å². The van der Waals surface area contributed by atoms with Crippen molar-refractivity contribution in [2.24, 2.45) is 5.92 Å². The molecule has 0 unspecified atom stereocenters. The zero-order valence-electron chi connectivity index (χ0n) is 11.5. The maximum absolute atomic E-state index is 12.4. The third-order valence-corrected chi connectivity index (χ3v) is 4.57. The molecule has 0 saturated carbocycles. The van der Waals surface area contributed by atoms with E-state index in [1.165, 1.54) is 11.5 Å². The normalized spacial score (nSPS) is 16.1. The molecule has 1 aliphatic heterocycles. The molecule has 19 heavy (non-hydrogen) atoms. The van der Waals surface area contributed by atoms with Gasteiger partial charge >= 0.3 is 0 Å². The van der Waals surface area contributed by atoms with Gasteiger partial charge in [0.25, 0.3) is 0 Å². The van der Waals surface area contributed by atoms with Crippen molar-refractivity contribution in [1.29, 1.82) is 0 Å². The van der Waals surface area contributed by atoms with E-state index in [1.807, 2.05) is 17.8 Å². The van der Waals surface area contributed by atoms with Gasteiger partial charge in [-0.05, 0) is 48.5 Å². The molecule has 0 N–H and O–H groups in total. The average molecular weight is 280 g/mol. The Balaban J connectivity index is 2.12. The maximum atomic E-state index is 12.4. The summed E-state index contributed by atoms with van der Waals surface area (Å²) >= 11 is 1.98. The number of ether oxygens (including phenoxy) is 2. The minimum Gasteiger partial charge on any atom is -0.497 e. The average Bonchev–Trinajstić information content (AvgIpc) is 2.47. The number of methoxy groups -OCH3 is 2. The molecule has 1 aromatic rings. The molecule has 0 amide bonds. The van der Waals surface area contributed by atoms with E-state index < -0.39 is 0 Å². The zero-order valence-corrected chi connectivity index (χ0v) is 12.3. The SMILES string of the molecule is COc1ccc(OC)c(C(=O)CC2CCSCC2)c1. The number of benzene rings is 1. The van der Waals surface area contributed by atoms with Crippen LogP contribution in [0.15, 0.2) is 18.2 Å². The Hall–Kier alpha value is -1.16. The predicted octanol–water partition coefficient (Wildman–Crippen LogP) is 3.42. The van der Waals surface area contributed by atoms with Crippen LogP contribution < -0.4 is 9.47 Å². The van der Waals surface area contributed by atoms with Gasteiger partial charge in [-0.1, -0.05) is 0 Å². The van der Waals surface area contributed by atoms with Crippen molar-refractivity contribution in [2.75, 3.05) is 25.7 Å². The smallest absolute Gasteiger partial charge is 0.167 e. The first-order valence-corrected chi connectivity index (χ1v) is 7.73. The summed E-state index contributed by atoms with van der Waals surface area (Å²) in [5.41, 5.74) is 0.639. The molecule has 1 fully saturated rings. The summed E-state index contributed by atoms with van der Waals surface area (Å²) in [5, 5.41) is 0. The van der Waals surface area contributed by atoms with Gasteiger partial charge < -0.3 is 9.47 Å². The Kier molecular flexibility index (Phi) is 5.14. The van der Waals surface area contributed by atoms with E-state index >= 15 is 0 Å². The second-order valence-electron chi connectivity index (χ2n) is 4.75. The third kappa shape index (κ3) is 3.66. The number of hydrogen-bond acceptors (Lipinski definition) is 4. The molecule has 0 bridgehead atoms. The van der Waals surface area contributed by atoms with E-state index in [2.05, 4.69) is 0 Å². The fraction of sp³-hybridized carbons (Fsp3) is 0.533.